The summed E-state index contributed by atoms with van der Waals surface area (Å²) in [5.41, 5.74) is 0. The van der Waals surface area contributed by atoms with Crippen LogP contribution in [-0.2, 0) is 21.6 Å². The van der Waals surface area contributed by atoms with Crippen LogP contribution in [0.1, 0.15) is 0 Å². The van der Waals surface area contributed by atoms with Gasteiger partial charge >= 0.3 is 0 Å². The maximum atomic E-state index is 11.9. The lowest BCUT2D eigenvalue weighted by Gasteiger charge is -2.21. The van der Waals surface area contributed by atoms with Crippen LogP contribution in [0.4, 0.5) is 0 Å². The van der Waals surface area contributed by atoms with E-state index in [4.69, 9.17) is 23.2 Å². The molecular formula is C8H6Cl2O2S2. The number of rotatable bonds is 0. The summed E-state index contributed by atoms with van der Waals surface area (Å²) in [5.74, 6) is -0.131. The van der Waals surface area contributed by atoms with Crippen molar-refractivity contribution in [2.45, 2.75) is 14.7 Å². The second-order valence-corrected chi connectivity index (χ2v) is 8.45. The predicted octanol–water partition coefficient (Wildman–Crippen LogP) is 1.45. The fourth-order valence-corrected chi connectivity index (χ4v) is 7.25. The lowest BCUT2D eigenvalue weighted by Crippen LogP contribution is -2.31. The molecule has 3 rings (SSSR count). The second kappa shape index (κ2) is 2.73. The third kappa shape index (κ3) is 0.889. The average molecular weight is 269 g/mol. The van der Waals surface area contributed by atoms with E-state index in [9.17, 15) is 8.42 Å². The molecule has 6 atom stereocenters. The van der Waals surface area contributed by atoms with Gasteiger partial charge in [0.2, 0.25) is 0 Å². The molecule has 1 fully saturated rings. The molecule has 0 N–H and O–H groups in total. The Balaban J connectivity index is 2.18. The van der Waals surface area contributed by atoms with E-state index in [1.165, 1.54) is 0 Å². The van der Waals surface area contributed by atoms with Crippen LogP contribution in [0, 0.1) is 5.92 Å². The molecule has 0 spiro atoms. The van der Waals surface area contributed by atoms with Crippen molar-refractivity contribution >= 4 is 44.8 Å². The average Bonchev–Trinajstić information content (AvgIpc) is 2.65. The first-order valence-corrected chi connectivity index (χ1v) is 7.31. The summed E-state index contributed by atoms with van der Waals surface area (Å²) in [6, 6.07) is 0. The highest BCUT2D eigenvalue weighted by Gasteiger charge is 2.63. The Hall–Kier alpha value is 0.360. The first kappa shape index (κ1) is 9.58. The zero-order chi connectivity index (χ0) is 10.1. The Kier molecular flexibility index (Phi) is 1.87. The van der Waals surface area contributed by atoms with Crippen LogP contribution in [-0.4, -0.2) is 23.1 Å². The number of halogens is 2. The zero-order valence-electron chi connectivity index (χ0n) is 6.85. The summed E-state index contributed by atoms with van der Waals surface area (Å²) in [5, 5.41) is -0.364. The smallest absolute Gasteiger partial charge is 0.145 e. The van der Waals surface area contributed by atoms with E-state index in [0.717, 1.165) is 0 Å². The topological polar surface area (TPSA) is 34.1 Å². The number of allylic oxidation sites excluding steroid dienone is 1. The van der Waals surface area contributed by atoms with Crippen molar-refractivity contribution < 1.29 is 8.42 Å². The molecule has 1 saturated heterocycles. The summed E-state index contributed by atoms with van der Waals surface area (Å²) < 4.78 is 23.1. The highest BCUT2D eigenvalue weighted by molar-refractivity contribution is 7.95. The van der Waals surface area contributed by atoms with E-state index in [1.54, 1.807) is 12.2 Å². The maximum absolute atomic E-state index is 11.9. The fraction of sp³-hybridized carbons (Fsp3) is 0.500. The van der Waals surface area contributed by atoms with Crippen LogP contribution in [0.3, 0.4) is 0 Å². The Bertz CT molecular complexity index is 431. The van der Waals surface area contributed by atoms with Gasteiger partial charge in [-0.05, 0) is 6.08 Å². The van der Waals surface area contributed by atoms with Crippen molar-refractivity contribution in [2.24, 2.45) is 5.92 Å². The molecule has 2 bridgehead atoms. The molecule has 6 heteroatoms. The lowest BCUT2D eigenvalue weighted by molar-refractivity contribution is 0.609. The monoisotopic (exact) mass is 268 g/mol. The fourth-order valence-electron chi connectivity index (χ4n) is 2.28. The molecule has 3 heterocycles. The van der Waals surface area contributed by atoms with Gasteiger partial charge in [0.25, 0.3) is 0 Å². The Morgan fingerprint density at radius 1 is 1.43 bits per heavy atom. The van der Waals surface area contributed by atoms with E-state index in [1.807, 2.05) is 6.08 Å². The van der Waals surface area contributed by atoms with Crippen LogP contribution >= 0.6 is 23.2 Å². The summed E-state index contributed by atoms with van der Waals surface area (Å²) in [4.78, 5) is 0. The van der Waals surface area contributed by atoms with Gasteiger partial charge in [-0.2, -0.15) is 0 Å². The Morgan fingerprint density at radius 3 is 2.79 bits per heavy atom. The first-order valence-electron chi connectivity index (χ1n) is 4.12. The molecule has 0 aliphatic carbocycles. The molecule has 3 aliphatic rings. The van der Waals surface area contributed by atoms with Crippen LogP contribution in [0.25, 0.3) is 0 Å². The molecule has 0 aromatic carbocycles. The maximum Gasteiger partial charge on any atom is 0.145 e. The molecular weight excluding hydrogens is 263 g/mol. The van der Waals surface area contributed by atoms with Crippen molar-refractivity contribution in [1.29, 1.82) is 0 Å². The SMILES string of the molecule is O=[S@@]1C(Cl)=C[C@H]2[C@@H]1[C@H]1C=C[C@]2(Cl)[S@]1=O. The largest absolute Gasteiger partial charge is 0.257 e. The Morgan fingerprint density at radius 2 is 2.14 bits per heavy atom. The van der Waals surface area contributed by atoms with E-state index in [2.05, 4.69) is 0 Å². The first-order chi connectivity index (χ1) is 6.55. The lowest BCUT2D eigenvalue weighted by atomic mass is 9.94. The molecule has 14 heavy (non-hydrogen) atoms. The third-order valence-electron chi connectivity index (χ3n) is 2.95. The van der Waals surface area contributed by atoms with Gasteiger partial charge in [0.1, 0.15) is 8.57 Å². The van der Waals surface area contributed by atoms with Gasteiger partial charge in [0, 0.05) is 5.92 Å². The van der Waals surface area contributed by atoms with Crippen molar-refractivity contribution in [3.63, 3.8) is 0 Å². The molecule has 0 amide bonds. The second-order valence-electron chi connectivity index (χ2n) is 3.58. The third-order valence-corrected chi connectivity index (χ3v) is 8.11. The minimum Gasteiger partial charge on any atom is -0.257 e. The van der Waals surface area contributed by atoms with Crippen LogP contribution in [0.2, 0.25) is 0 Å². The van der Waals surface area contributed by atoms with E-state index < -0.39 is 25.8 Å². The summed E-state index contributed by atoms with van der Waals surface area (Å²) in [6.07, 6.45) is 5.28. The van der Waals surface area contributed by atoms with Crippen LogP contribution in [0.15, 0.2) is 22.6 Å². The molecule has 0 unspecified atom stereocenters. The normalized spacial score (nSPS) is 59.0. The molecule has 0 aromatic heterocycles. The van der Waals surface area contributed by atoms with E-state index in [-0.39, 0.29) is 16.4 Å². The summed E-state index contributed by atoms with van der Waals surface area (Å²) in [6.45, 7) is 0. The van der Waals surface area contributed by atoms with Crippen LogP contribution in [0.5, 0.6) is 0 Å². The molecule has 0 radical (unpaired) electrons. The number of fused-ring (bicyclic) bond motifs is 5. The predicted molar refractivity (Wildman–Crippen MR) is 59.0 cm³/mol. The van der Waals surface area contributed by atoms with Crippen molar-refractivity contribution in [3.8, 4) is 0 Å². The highest BCUT2D eigenvalue weighted by Crippen LogP contribution is 2.55. The minimum absolute atomic E-state index is 0.131. The van der Waals surface area contributed by atoms with Gasteiger partial charge in [-0.1, -0.05) is 35.4 Å². The van der Waals surface area contributed by atoms with Crippen molar-refractivity contribution in [3.05, 3.63) is 22.6 Å². The number of alkyl halides is 1. The quantitative estimate of drug-likeness (QED) is 0.492. The number of hydrogen-bond donors (Lipinski definition) is 0. The molecule has 0 saturated carbocycles. The van der Waals surface area contributed by atoms with Crippen molar-refractivity contribution in [1.82, 2.24) is 0 Å². The highest BCUT2D eigenvalue weighted by atomic mass is 35.5. The molecule has 2 nitrogen and oxygen atoms in total. The zero-order valence-corrected chi connectivity index (χ0v) is 10.00. The van der Waals surface area contributed by atoms with E-state index in [0.29, 0.717) is 4.36 Å². The number of hydrogen-bond acceptors (Lipinski definition) is 2. The van der Waals surface area contributed by atoms with Gasteiger partial charge < -0.3 is 0 Å². The molecule has 0 aromatic rings. The molecule has 3 aliphatic heterocycles. The molecule has 76 valence electrons. The van der Waals surface area contributed by atoms with Gasteiger partial charge in [0.15, 0.2) is 0 Å². The standard InChI is InChI=1S/C8H6Cl2O2S2/c9-6-3-4-7(13(6)11)5-1-2-8(4,10)14(5)12/h1-5,7H/t4-,5+,7+,8-,13+,14-/m0/s1. The summed E-state index contributed by atoms with van der Waals surface area (Å²) in [7, 11) is -2.37. The van der Waals surface area contributed by atoms with Gasteiger partial charge in [-0.3, -0.25) is 8.42 Å². The van der Waals surface area contributed by atoms with E-state index >= 15 is 0 Å². The van der Waals surface area contributed by atoms with Crippen LogP contribution < -0.4 is 0 Å². The minimum atomic E-state index is -1.22. The van der Waals surface area contributed by atoms with Gasteiger partial charge in [-0.25, -0.2) is 0 Å². The van der Waals surface area contributed by atoms with Gasteiger partial charge in [-0.15, -0.1) is 0 Å². The van der Waals surface area contributed by atoms with Crippen molar-refractivity contribution in [2.75, 3.05) is 0 Å². The summed E-state index contributed by atoms with van der Waals surface area (Å²) >= 11 is 12.1. The van der Waals surface area contributed by atoms with Gasteiger partial charge in [0.05, 0.1) is 32.1 Å². The Labute approximate surface area is 96.3 Å².